The molecule has 0 bridgehead atoms. The molecule has 0 saturated heterocycles. The van der Waals surface area contributed by atoms with E-state index in [1.807, 2.05) is 0 Å². The van der Waals surface area contributed by atoms with Crippen LogP contribution in [0, 0.1) is 17.8 Å². The minimum atomic E-state index is -0.646. The van der Waals surface area contributed by atoms with Crippen molar-refractivity contribution in [2.45, 2.75) is 39.5 Å². The monoisotopic (exact) mass is 214 g/mol. The average molecular weight is 214 g/mol. The molecule has 1 rings (SSSR count). The van der Waals surface area contributed by atoms with Gasteiger partial charge in [0.2, 0.25) is 0 Å². The second-order valence-corrected chi connectivity index (χ2v) is 4.70. The van der Waals surface area contributed by atoms with Crippen LogP contribution in [0.15, 0.2) is 0 Å². The molecule has 1 N–H and O–H groups in total. The Labute approximate surface area is 91.8 Å². The molecule has 0 aromatic carbocycles. The summed E-state index contributed by atoms with van der Waals surface area (Å²) in [5.74, 6) is 0.0404. The zero-order valence-electron chi connectivity index (χ0n) is 9.74. The number of aliphatic carboxylic acids is 1. The molecule has 3 atom stereocenters. The topological polar surface area (TPSA) is 46.5 Å². The van der Waals surface area contributed by atoms with Gasteiger partial charge in [0, 0.05) is 6.61 Å². The summed E-state index contributed by atoms with van der Waals surface area (Å²) < 4.78 is 5.49. The van der Waals surface area contributed by atoms with E-state index in [4.69, 9.17) is 9.84 Å². The molecule has 3 nitrogen and oxygen atoms in total. The van der Waals surface area contributed by atoms with Crippen LogP contribution in [-0.4, -0.2) is 24.3 Å². The Bertz CT molecular complexity index is 203. The summed E-state index contributed by atoms with van der Waals surface area (Å²) in [4.78, 5) is 11.0. The Morgan fingerprint density at radius 3 is 2.80 bits per heavy atom. The third-order valence-corrected chi connectivity index (χ3v) is 3.24. The van der Waals surface area contributed by atoms with Crippen molar-refractivity contribution in [3.63, 3.8) is 0 Å². The minimum Gasteiger partial charge on any atom is -0.481 e. The van der Waals surface area contributed by atoms with E-state index in [0.29, 0.717) is 12.5 Å². The van der Waals surface area contributed by atoms with Crippen molar-refractivity contribution in [1.82, 2.24) is 0 Å². The molecule has 0 aliphatic heterocycles. The summed E-state index contributed by atoms with van der Waals surface area (Å²) >= 11 is 0. The van der Waals surface area contributed by atoms with Crippen LogP contribution in [0.25, 0.3) is 0 Å². The van der Waals surface area contributed by atoms with E-state index in [1.165, 1.54) is 0 Å². The fourth-order valence-electron chi connectivity index (χ4n) is 2.39. The molecule has 0 amide bonds. The first-order chi connectivity index (χ1) is 7.15. The minimum absolute atomic E-state index is 0.182. The maximum absolute atomic E-state index is 11.0. The predicted octanol–water partition coefficient (Wildman–Crippen LogP) is 2.55. The molecule has 0 radical (unpaired) electrons. The first kappa shape index (κ1) is 12.5. The Hall–Kier alpha value is -0.570. The highest BCUT2D eigenvalue weighted by molar-refractivity contribution is 5.70. The molecule has 0 aromatic heterocycles. The fourth-order valence-corrected chi connectivity index (χ4v) is 2.39. The number of hydrogen-bond acceptors (Lipinski definition) is 2. The summed E-state index contributed by atoms with van der Waals surface area (Å²) in [6, 6.07) is 0. The summed E-state index contributed by atoms with van der Waals surface area (Å²) in [6.45, 7) is 5.63. The predicted molar refractivity (Wildman–Crippen MR) is 58.7 cm³/mol. The lowest BCUT2D eigenvalue weighted by Gasteiger charge is -2.32. The van der Waals surface area contributed by atoms with Crippen LogP contribution in [0.2, 0.25) is 0 Å². The van der Waals surface area contributed by atoms with Crippen molar-refractivity contribution < 1.29 is 14.6 Å². The van der Waals surface area contributed by atoms with E-state index in [0.717, 1.165) is 32.3 Å². The summed E-state index contributed by atoms with van der Waals surface area (Å²) in [5.41, 5.74) is 0. The van der Waals surface area contributed by atoms with Gasteiger partial charge in [0.1, 0.15) is 0 Å². The van der Waals surface area contributed by atoms with Gasteiger partial charge in [-0.3, -0.25) is 4.79 Å². The van der Waals surface area contributed by atoms with Gasteiger partial charge in [0.25, 0.3) is 0 Å². The molecule has 1 fully saturated rings. The molecule has 0 spiro atoms. The van der Waals surface area contributed by atoms with Crippen LogP contribution in [0.5, 0.6) is 0 Å². The molecule has 1 aliphatic rings. The second-order valence-electron chi connectivity index (χ2n) is 4.70. The van der Waals surface area contributed by atoms with Gasteiger partial charge in [-0.25, -0.2) is 0 Å². The normalized spacial score (nSPS) is 31.5. The average Bonchev–Trinajstić information content (AvgIpc) is 2.18. The van der Waals surface area contributed by atoms with Gasteiger partial charge in [-0.05, 0) is 37.5 Å². The van der Waals surface area contributed by atoms with Gasteiger partial charge < -0.3 is 9.84 Å². The van der Waals surface area contributed by atoms with Crippen LogP contribution in [0.1, 0.15) is 39.5 Å². The Kier molecular flexibility index (Phi) is 5.09. The van der Waals surface area contributed by atoms with Crippen LogP contribution < -0.4 is 0 Å². The van der Waals surface area contributed by atoms with Crippen molar-refractivity contribution in [2.24, 2.45) is 17.8 Å². The zero-order valence-corrected chi connectivity index (χ0v) is 9.74. The summed E-state index contributed by atoms with van der Waals surface area (Å²) in [6.07, 6.45) is 3.86. The molecule has 15 heavy (non-hydrogen) atoms. The highest BCUT2D eigenvalue weighted by Crippen LogP contribution is 2.34. The quantitative estimate of drug-likeness (QED) is 0.715. The van der Waals surface area contributed by atoms with E-state index < -0.39 is 5.97 Å². The molecule has 88 valence electrons. The number of rotatable bonds is 5. The Balaban J connectivity index is 2.43. The lowest BCUT2D eigenvalue weighted by molar-refractivity contribution is -0.146. The van der Waals surface area contributed by atoms with Crippen molar-refractivity contribution >= 4 is 5.97 Å². The van der Waals surface area contributed by atoms with E-state index >= 15 is 0 Å². The number of ether oxygens (including phenoxy) is 1. The largest absolute Gasteiger partial charge is 0.481 e. The highest BCUT2D eigenvalue weighted by atomic mass is 16.5. The maximum Gasteiger partial charge on any atom is 0.306 e. The van der Waals surface area contributed by atoms with Crippen LogP contribution in [0.3, 0.4) is 0 Å². The molecule has 1 saturated carbocycles. The lowest BCUT2D eigenvalue weighted by Crippen LogP contribution is -2.32. The standard InChI is InChI=1S/C12H22O3/c1-3-6-15-8-10-7-9(2)4-5-11(10)12(13)14/h9-11H,3-8H2,1-2H3,(H,13,14). The van der Waals surface area contributed by atoms with Crippen molar-refractivity contribution in [3.8, 4) is 0 Å². The van der Waals surface area contributed by atoms with E-state index in [1.54, 1.807) is 0 Å². The van der Waals surface area contributed by atoms with Gasteiger partial charge in [-0.1, -0.05) is 13.8 Å². The zero-order chi connectivity index (χ0) is 11.3. The molecule has 3 heteroatoms. The fraction of sp³-hybridized carbons (Fsp3) is 0.917. The molecular weight excluding hydrogens is 192 g/mol. The Morgan fingerprint density at radius 1 is 1.47 bits per heavy atom. The smallest absolute Gasteiger partial charge is 0.306 e. The maximum atomic E-state index is 11.0. The van der Waals surface area contributed by atoms with Gasteiger partial charge in [-0.2, -0.15) is 0 Å². The first-order valence-electron chi connectivity index (χ1n) is 5.95. The van der Waals surface area contributed by atoms with E-state index in [-0.39, 0.29) is 11.8 Å². The molecular formula is C12H22O3. The molecule has 0 heterocycles. The summed E-state index contributed by atoms with van der Waals surface area (Å²) in [5, 5.41) is 9.10. The van der Waals surface area contributed by atoms with E-state index in [9.17, 15) is 4.79 Å². The number of hydrogen-bond donors (Lipinski definition) is 1. The van der Waals surface area contributed by atoms with Gasteiger partial charge in [0.05, 0.1) is 12.5 Å². The van der Waals surface area contributed by atoms with Crippen LogP contribution in [0.4, 0.5) is 0 Å². The number of carboxylic acids is 1. The van der Waals surface area contributed by atoms with Gasteiger partial charge in [0.15, 0.2) is 0 Å². The molecule has 3 unspecified atom stereocenters. The SMILES string of the molecule is CCCOCC1CC(C)CCC1C(=O)O. The first-order valence-corrected chi connectivity index (χ1v) is 5.95. The van der Waals surface area contributed by atoms with Crippen molar-refractivity contribution in [2.75, 3.05) is 13.2 Å². The number of carboxylic acid groups (broad SMARTS) is 1. The van der Waals surface area contributed by atoms with Crippen LogP contribution >= 0.6 is 0 Å². The van der Waals surface area contributed by atoms with Crippen molar-refractivity contribution in [3.05, 3.63) is 0 Å². The third-order valence-electron chi connectivity index (χ3n) is 3.24. The number of carbonyl (C=O) groups is 1. The highest BCUT2D eigenvalue weighted by Gasteiger charge is 2.33. The van der Waals surface area contributed by atoms with Crippen molar-refractivity contribution in [1.29, 1.82) is 0 Å². The Morgan fingerprint density at radius 2 is 2.20 bits per heavy atom. The molecule has 0 aromatic rings. The molecule has 1 aliphatic carbocycles. The van der Waals surface area contributed by atoms with Gasteiger partial charge >= 0.3 is 5.97 Å². The third kappa shape index (κ3) is 3.82. The lowest BCUT2D eigenvalue weighted by atomic mass is 9.75. The van der Waals surface area contributed by atoms with Gasteiger partial charge in [-0.15, -0.1) is 0 Å². The second kappa shape index (κ2) is 6.11. The van der Waals surface area contributed by atoms with E-state index in [2.05, 4.69) is 13.8 Å². The van der Waals surface area contributed by atoms with Crippen LogP contribution in [-0.2, 0) is 9.53 Å². The summed E-state index contributed by atoms with van der Waals surface area (Å²) in [7, 11) is 0.